The molecule has 0 aliphatic rings. The molecular weight excluding hydrogens is 228 g/mol. The summed E-state index contributed by atoms with van der Waals surface area (Å²) in [5.74, 6) is 0.0681. The van der Waals surface area contributed by atoms with E-state index in [9.17, 15) is 9.59 Å². The molecule has 1 unspecified atom stereocenters. The zero-order valence-corrected chi connectivity index (χ0v) is 10.9. The van der Waals surface area contributed by atoms with Crippen LogP contribution >= 0.6 is 0 Å². The highest BCUT2D eigenvalue weighted by Crippen LogP contribution is 2.03. The van der Waals surface area contributed by atoms with Crippen LogP contribution in [0.2, 0.25) is 0 Å². The molecule has 0 bridgehead atoms. The number of hydrogen-bond acceptors (Lipinski definition) is 3. The standard InChI is InChI=1S/C14H20N2O2/c1-11(15-9-6-10-16-12(2)17)14(18)13-7-4-3-5-8-13/h3-5,7-8,11,15H,6,9-10H2,1-2H3,(H,16,17). The normalized spacial score (nSPS) is 11.9. The lowest BCUT2D eigenvalue weighted by Crippen LogP contribution is -2.36. The van der Waals surface area contributed by atoms with Crippen LogP contribution < -0.4 is 10.6 Å². The number of Topliss-reactive ketones (excluding diaryl/α,β-unsaturated/α-hetero) is 1. The first kappa shape index (κ1) is 14.4. The molecule has 1 atom stereocenters. The maximum absolute atomic E-state index is 12.0. The third-order valence-corrected chi connectivity index (χ3v) is 2.63. The fourth-order valence-electron chi connectivity index (χ4n) is 1.62. The minimum atomic E-state index is -0.204. The zero-order chi connectivity index (χ0) is 13.4. The molecule has 0 spiro atoms. The van der Waals surface area contributed by atoms with Gasteiger partial charge in [-0.2, -0.15) is 0 Å². The van der Waals surface area contributed by atoms with E-state index in [2.05, 4.69) is 10.6 Å². The van der Waals surface area contributed by atoms with E-state index in [-0.39, 0.29) is 17.7 Å². The molecule has 1 aromatic rings. The van der Waals surface area contributed by atoms with E-state index in [0.717, 1.165) is 12.0 Å². The molecule has 0 aromatic heterocycles. The van der Waals surface area contributed by atoms with Gasteiger partial charge in [0, 0.05) is 19.0 Å². The molecule has 0 heterocycles. The van der Waals surface area contributed by atoms with E-state index in [0.29, 0.717) is 13.1 Å². The second kappa shape index (κ2) is 7.61. The molecule has 98 valence electrons. The fourth-order valence-corrected chi connectivity index (χ4v) is 1.62. The Kier molecular flexibility index (Phi) is 6.08. The van der Waals surface area contributed by atoms with Gasteiger partial charge in [-0.15, -0.1) is 0 Å². The van der Waals surface area contributed by atoms with Crippen molar-refractivity contribution in [3.05, 3.63) is 35.9 Å². The molecule has 1 aromatic carbocycles. The van der Waals surface area contributed by atoms with Crippen LogP contribution in [0.25, 0.3) is 0 Å². The first-order valence-electron chi connectivity index (χ1n) is 6.18. The van der Waals surface area contributed by atoms with Crippen molar-refractivity contribution in [2.24, 2.45) is 0 Å². The Hall–Kier alpha value is -1.68. The van der Waals surface area contributed by atoms with Crippen molar-refractivity contribution in [1.29, 1.82) is 0 Å². The summed E-state index contributed by atoms with van der Waals surface area (Å²) in [6.07, 6.45) is 0.811. The van der Waals surface area contributed by atoms with Crippen molar-refractivity contribution in [2.45, 2.75) is 26.3 Å². The lowest BCUT2D eigenvalue weighted by atomic mass is 10.1. The lowest BCUT2D eigenvalue weighted by molar-refractivity contribution is -0.118. The maximum atomic E-state index is 12.0. The van der Waals surface area contributed by atoms with Gasteiger partial charge in [0.25, 0.3) is 0 Å². The van der Waals surface area contributed by atoms with Gasteiger partial charge >= 0.3 is 0 Å². The Morgan fingerprint density at radius 3 is 2.44 bits per heavy atom. The van der Waals surface area contributed by atoms with Crippen molar-refractivity contribution in [2.75, 3.05) is 13.1 Å². The summed E-state index contributed by atoms with van der Waals surface area (Å²) in [6.45, 7) is 4.69. The van der Waals surface area contributed by atoms with Crippen molar-refractivity contribution in [1.82, 2.24) is 10.6 Å². The summed E-state index contributed by atoms with van der Waals surface area (Å²) in [5, 5.41) is 5.87. The number of hydrogen-bond donors (Lipinski definition) is 2. The average Bonchev–Trinajstić information content (AvgIpc) is 2.38. The van der Waals surface area contributed by atoms with Crippen LogP contribution in [-0.2, 0) is 4.79 Å². The van der Waals surface area contributed by atoms with Crippen molar-refractivity contribution in [3.8, 4) is 0 Å². The van der Waals surface area contributed by atoms with Gasteiger partial charge < -0.3 is 10.6 Å². The van der Waals surface area contributed by atoms with Gasteiger partial charge in [0.05, 0.1) is 6.04 Å². The monoisotopic (exact) mass is 248 g/mol. The number of benzene rings is 1. The molecular formula is C14H20N2O2. The van der Waals surface area contributed by atoms with Gasteiger partial charge in [0.1, 0.15) is 0 Å². The Morgan fingerprint density at radius 1 is 1.17 bits per heavy atom. The lowest BCUT2D eigenvalue weighted by Gasteiger charge is -2.12. The SMILES string of the molecule is CC(=O)NCCCNC(C)C(=O)c1ccccc1. The molecule has 0 aliphatic heterocycles. The van der Waals surface area contributed by atoms with Crippen molar-refractivity contribution >= 4 is 11.7 Å². The molecule has 1 rings (SSSR count). The molecule has 0 aliphatic carbocycles. The van der Waals surface area contributed by atoms with Crippen LogP contribution in [0.1, 0.15) is 30.6 Å². The smallest absolute Gasteiger partial charge is 0.216 e. The second-order valence-corrected chi connectivity index (χ2v) is 4.24. The molecule has 18 heavy (non-hydrogen) atoms. The Bertz CT molecular complexity index is 390. The molecule has 4 nitrogen and oxygen atoms in total. The van der Waals surface area contributed by atoms with E-state index >= 15 is 0 Å². The van der Waals surface area contributed by atoms with Gasteiger partial charge in [-0.05, 0) is 19.9 Å². The van der Waals surface area contributed by atoms with Crippen LogP contribution in [0.4, 0.5) is 0 Å². The number of rotatable bonds is 7. The third kappa shape index (κ3) is 5.10. The largest absolute Gasteiger partial charge is 0.356 e. The van der Waals surface area contributed by atoms with Crippen LogP contribution in [0.5, 0.6) is 0 Å². The quantitative estimate of drug-likeness (QED) is 0.566. The zero-order valence-electron chi connectivity index (χ0n) is 10.9. The molecule has 0 fully saturated rings. The number of carbonyl (C=O) groups is 2. The fraction of sp³-hybridized carbons (Fsp3) is 0.429. The van der Waals surface area contributed by atoms with Crippen molar-refractivity contribution < 1.29 is 9.59 Å². The number of nitrogens with one attached hydrogen (secondary N) is 2. The van der Waals surface area contributed by atoms with Crippen molar-refractivity contribution in [3.63, 3.8) is 0 Å². The molecule has 0 saturated carbocycles. The van der Waals surface area contributed by atoms with Gasteiger partial charge in [0.2, 0.25) is 5.91 Å². The van der Waals surface area contributed by atoms with Crippen LogP contribution in [0, 0.1) is 0 Å². The number of carbonyl (C=O) groups excluding carboxylic acids is 2. The van der Waals surface area contributed by atoms with E-state index in [1.807, 2.05) is 37.3 Å². The highest BCUT2D eigenvalue weighted by atomic mass is 16.1. The number of amides is 1. The van der Waals surface area contributed by atoms with E-state index in [4.69, 9.17) is 0 Å². The Morgan fingerprint density at radius 2 is 1.83 bits per heavy atom. The van der Waals surface area contributed by atoms with Gasteiger partial charge in [0.15, 0.2) is 5.78 Å². The molecule has 4 heteroatoms. The number of ketones is 1. The predicted molar refractivity (Wildman–Crippen MR) is 71.5 cm³/mol. The highest BCUT2D eigenvalue weighted by Gasteiger charge is 2.13. The maximum Gasteiger partial charge on any atom is 0.216 e. The second-order valence-electron chi connectivity index (χ2n) is 4.24. The van der Waals surface area contributed by atoms with E-state index in [1.165, 1.54) is 6.92 Å². The summed E-state index contributed by atoms with van der Waals surface area (Å²) in [5.41, 5.74) is 0.722. The van der Waals surface area contributed by atoms with Gasteiger partial charge in [-0.3, -0.25) is 9.59 Å². The van der Waals surface area contributed by atoms with Crippen LogP contribution in [0.15, 0.2) is 30.3 Å². The highest BCUT2D eigenvalue weighted by molar-refractivity contribution is 5.99. The molecule has 0 saturated heterocycles. The van der Waals surface area contributed by atoms with Crippen LogP contribution in [-0.4, -0.2) is 30.8 Å². The first-order valence-corrected chi connectivity index (χ1v) is 6.18. The minimum absolute atomic E-state index is 0.0246. The summed E-state index contributed by atoms with van der Waals surface area (Å²) in [6, 6.07) is 9.04. The first-order chi connectivity index (χ1) is 8.61. The predicted octanol–water partition coefficient (Wildman–Crippen LogP) is 1.37. The summed E-state index contributed by atoms with van der Waals surface area (Å²) in [4.78, 5) is 22.6. The van der Waals surface area contributed by atoms with Gasteiger partial charge in [-0.1, -0.05) is 30.3 Å². The summed E-state index contributed by atoms with van der Waals surface area (Å²) >= 11 is 0. The Labute approximate surface area is 108 Å². The molecule has 0 radical (unpaired) electrons. The Balaban J connectivity index is 2.26. The summed E-state index contributed by atoms with van der Waals surface area (Å²) in [7, 11) is 0. The van der Waals surface area contributed by atoms with Gasteiger partial charge in [-0.25, -0.2) is 0 Å². The molecule has 1 amide bonds. The topological polar surface area (TPSA) is 58.2 Å². The van der Waals surface area contributed by atoms with Crippen LogP contribution in [0.3, 0.4) is 0 Å². The third-order valence-electron chi connectivity index (χ3n) is 2.63. The summed E-state index contributed by atoms with van der Waals surface area (Å²) < 4.78 is 0. The minimum Gasteiger partial charge on any atom is -0.356 e. The van der Waals surface area contributed by atoms with E-state index in [1.54, 1.807) is 0 Å². The average molecular weight is 248 g/mol. The van der Waals surface area contributed by atoms with E-state index < -0.39 is 0 Å². The molecule has 2 N–H and O–H groups in total.